The molecule has 0 saturated heterocycles. The van der Waals surface area contributed by atoms with Gasteiger partial charge in [0.1, 0.15) is 11.3 Å². The highest BCUT2D eigenvalue weighted by Gasteiger charge is 2.16. The van der Waals surface area contributed by atoms with E-state index in [1.165, 1.54) is 18.9 Å². The number of ether oxygens (including phenoxy) is 1. The van der Waals surface area contributed by atoms with Crippen molar-refractivity contribution in [2.75, 3.05) is 13.4 Å². The highest BCUT2D eigenvalue weighted by molar-refractivity contribution is 7.98. The molecule has 0 spiro atoms. The number of carbonyl (C=O) groups is 1. The molecular weight excluding hydrogens is 212 g/mol. The lowest BCUT2D eigenvalue weighted by Gasteiger charge is -2.11. The molecule has 0 bridgehead atoms. The summed E-state index contributed by atoms with van der Waals surface area (Å²) in [4.78, 5) is 11.9. The molecule has 1 aromatic rings. The van der Waals surface area contributed by atoms with Crippen molar-refractivity contribution in [2.45, 2.75) is 4.90 Å². The Morgan fingerprint density at radius 2 is 2.27 bits per heavy atom. The van der Waals surface area contributed by atoms with Crippen LogP contribution in [-0.4, -0.2) is 24.4 Å². The Kier molecular flexibility index (Phi) is 3.80. The summed E-state index contributed by atoms with van der Waals surface area (Å²) < 4.78 is 5.11. The van der Waals surface area contributed by atoms with Crippen molar-refractivity contribution < 1.29 is 14.6 Å². The van der Waals surface area contributed by atoms with Crippen LogP contribution < -0.4 is 4.74 Å². The summed E-state index contributed by atoms with van der Waals surface area (Å²) in [5.74, 6) is -0.632. The zero-order valence-corrected chi connectivity index (χ0v) is 9.43. The highest BCUT2D eigenvalue weighted by atomic mass is 32.2. The molecule has 80 valence electrons. The van der Waals surface area contributed by atoms with Gasteiger partial charge in [0, 0.05) is 10.5 Å². The van der Waals surface area contributed by atoms with E-state index in [1.54, 1.807) is 18.2 Å². The van der Waals surface area contributed by atoms with Gasteiger partial charge in [-0.3, -0.25) is 0 Å². The molecule has 0 unspecified atom stereocenters. The van der Waals surface area contributed by atoms with Gasteiger partial charge in [0.15, 0.2) is 0 Å². The first kappa shape index (κ1) is 11.7. The number of hydrogen-bond donors (Lipinski definition) is 1. The minimum Gasteiger partial charge on any atom is -0.495 e. The molecule has 1 aromatic carbocycles. The van der Waals surface area contributed by atoms with E-state index in [1.807, 2.05) is 6.26 Å². The monoisotopic (exact) mass is 224 g/mol. The SMILES string of the molecule is C=Cc1c(SC)ccc(C(=O)O)c1OC. The van der Waals surface area contributed by atoms with Crippen LogP contribution in [0.15, 0.2) is 23.6 Å². The van der Waals surface area contributed by atoms with Crippen molar-refractivity contribution >= 4 is 23.8 Å². The number of carboxylic acid groups (broad SMARTS) is 1. The molecule has 0 fully saturated rings. The van der Waals surface area contributed by atoms with Gasteiger partial charge in [0.25, 0.3) is 0 Å². The van der Waals surface area contributed by atoms with Gasteiger partial charge in [-0.1, -0.05) is 12.7 Å². The van der Waals surface area contributed by atoms with Crippen molar-refractivity contribution in [3.63, 3.8) is 0 Å². The third-order valence-corrected chi connectivity index (χ3v) is 2.81. The van der Waals surface area contributed by atoms with Gasteiger partial charge in [-0.25, -0.2) is 4.79 Å². The Bertz CT molecular complexity index is 399. The first-order chi connectivity index (χ1) is 7.15. The van der Waals surface area contributed by atoms with E-state index < -0.39 is 5.97 Å². The van der Waals surface area contributed by atoms with E-state index in [9.17, 15) is 4.79 Å². The molecule has 0 aliphatic heterocycles. The molecule has 0 heterocycles. The predicted molar refractivity (Wildman–Crippen MR) is 61.8 cm³/mol. The Balaban J connectivity index is 3.47. The molecule has 3 nitrogen and oxygen atoms in total. The summed E-state index contributed by atoms with van der Waals surface area (Å²) in [5, 5.41) is 8.96. The Labute approximate surface area is 92.8 Å². The summed E-state index contributed by atoms with van der Waals surface area (Å²) in [6.07, 6.45) is 3.53. The maximum absolute atomic E-state index is 10.9. The molecule has 4 heteroatoms. The number of thioether (sulfide) groups is 1. The fraction of sp³-hybridized carbons (Fsp3) is 0.182. The number of hydrogen-bond acceptors (Lipinski definition) is 3. The number of carboxylic acids is 1. The standard InChI is InChI=1S/C11H12O3S/c1-4-7-9(15-3)6-5-8(11(12)13)10(7)14-2/h4-6H,1H2,2-3H3,(H,12,13). The van der Waals surface area contributed by atoms with Crippen LogP contribution >= 0.6 is 11.8 Å². The zero-order valence-electron chi connectivity index (χ0n) is 8.61. The number of rotatable bonds is 4. The lowest BCUT2D eigenvalue weighted by Crippen LogP contribution is -2.02. The van der Waals surface area contributed by atoms with Crippen molar-refractivity contribution in [1.82, 2.24) is 0 Å². The average molecular weight is 224 g/mol. The zero-order chi connectivity index (χ0) is 11.4. The highest BCUT2D eigenvalue weighted by Crippen LogP contribution is 2.33. The van der Waals surface area contributed by atoms with Crippen molar-refractivity contribution in [1.29, 1.82) is 0 Å². The molecule has 1 N–H and O–H groups in total. The molecule has 0 aliphatic carbocycles. The Morgan fingerprint density at radius 3 is 2.67 bits per heavy atom. The lowest BCUT2D eigenvalue weighted by atomic mass is 10.1. The van der Waals surface area contributed by atoms with Gasteiger partial charge in [-0.2, -0.15) is 0 Å². The summed E-state index contributed by atoms with van der Waals surface area (Å²) >= 11 is 1.53. The second-order valence-corrected chi connectivity index (χ2v) is 3.62. The van der Waals surface area contributed by atoms with E-state index in [2.05, 4.69) is 6.58 Å². The number of benzene rings is 1. The van der Waals surface area contributed by atoms with E-state index in [0.717, 1.165) is 10.5 Å². The van der Waals surface area contributed by atoms with Crippen LogP contribution in [-0.2, 0) is 0 Å². The van der Waals surface area contributed by atoms with Gasteiger partial charge in [0.05, 0.1) is 7.11 Å². The third kappa shape index (κ3) is 2.15. The predicted octanol–water partition coefficient (Wildman–Crippen LogP) is 2.76. The van der Waals surface area contributed by atoms with Gasteiger partial charge in [-0.15, -0.1) is 11.8 Å². The van der Waals surface area contributed by atoms with Crippen LogP contribution in [0.2, 0.25) is 0 Å². The average Bonchev–Trinajstić information content (AvgIpc) is 2.26. The van der Waals surface area contributed by atoms with Crippen LogP contribution in [0.1, 0.15) is 15.9 Å². The van der Waals surface area contributed by atoms with Gasteiger partial charge in [-0.05, 0) is 18.4 Å². The topological polar surface area (TPSA) is 46.5 Å². The van der Waals surface area contributed by atoms with E-state index in [0.29, 0.717) is 5.75 Å². The van der Waals surface area contributed by atoms with E-state index >= 15 is 0 Å². The Morgan fingerprint density at radius 1 is 1.60 bits per heavy atom. The molecule has 0 aliphatic rings. The second-order valence-electron chi connectivity index (χ2n) is 2.77. The van der Waals surface area contributed by atoms with E-state index in [-0.39, 0.29) is 5.56 Å². The van der Waals surface area contributed by atoms with Gasteiger partial charge < -0.3 is 9.84 Å². The van der Waals surface area contributed by atoms with Crippen molar-refractivity contribution in [3.05, 3.63) is 29.8 Å². The van der Waals surface area contributed by atoms with E-state index in [4.69, 9.17) is 9.84 Å². The number of aromatic carboxylic acids is 1. The first-order valence-corrected chi connectivity index (χ1v) is 5.48. The van der Waals surface area contributed by atoms with Crippen LogP contribution in [0.5, 0.6) is 5.75 Å². The minimum absolute atomic E-state index is 0.158. The molecular formula is C11H12O3S. The lowest BCUT2D eigenvalue weighted by molar-refractivity contribution is 0.0693. The van der Waals surface area contributed by atoms with Crippen molar-refractivity contribution in [3.8, 4) is 5.75 Å². The van der Waals surface area contributed by atoms with Crippen LogP contribution in [0.4, 0.5) is 0 Å². The third-order valence-electron chi connectivity index (χ3n) is 2.01. The number of methoxy groups -OCH3 is 1. The smallest absolute Gasteiger partial charge is 0.339 e. The van der Waals surface area contributed by atoms with Crippen LogP contribution in [0.25, 0.3) is 6.08 Å². The summed E-state index contributed by atoms with van der Waals surface area (Å²) in [6, 6.07) is 3.30. The normalized spacial score (nSPS) is 9.73. The maximum atomic E-state index is 10.9. The van der Waals surface area contributed by atoms with Gasteiger partial charge >= 0.3 is 5.97 Å². The maximum Gasteiger partial charge on any atom is 0.339 e. The minimum atomic E-state index is -0.998. The largest absolute Gasteiger partial charge is 0.495 e. The van der Waals surface area contributed by atoms with Gasteiger partial charge in [0.2, 0.25) is 0 Å². The second kappa shape index (κ2) is 4.89. The molecule has 0 radical (unpaired) electrons. The molecule has 15 heavy (non-hydrogen) atoms. The molecule has 1 rings (SSSR count). The Hall–Kier alpha value is -1.42. The summed E-state index contributed by atoms with van der Waals surface area (Å²) in [5.41, 5.74) is 0.884. The fourth-order valence-electron chi connectivity index (χ4n) is 1.34. The summed E-state index contributed by atoms with van der Waals surface area (Å²) in [7, 11) is 1.46. The molecule has 0 saturated carbocycles. The molecule has 0 aromatic heterocycles. The van der Waals surface area contributed by atoms with Crippen LogP contribution in [0.3, 0.4) is 0 Å². The first-order valence-electron chi connectivity index (χ1n) is 4.26. The molecule has 0 amide bonds. The molecule has 0 atom stereocenters. The summed E-state index contributed by atoms with van der Waals surface area (Å²) in [6.45, 7) is 3.66. The quantitative estimate of drug-likeness (QED) is 0.799. The fourth-order valence-corrected chi connectivity index (χ4v) is 1.94. The van der Waals surface area contributed by atoms with Crippen LogP contribution in [0, 0.1) is 0 Å². The van der Waals surface area contributed by atoms with Crippen molar-refractivity contribution in [2.24, 2.45) is 0 Å².